The molecule has 0 saturated carbocycles. The van der Waals surface area contributed by atoms with E-state index >= 15 is 0 Å². The van der Waals surface area contributed by atoms with Crippen molar-refractivity contribution in [3.63, 3.8) is 0 Å². The number of carbonyl (C=O) groups is 1. The van der Waals surface area contributed by atoms with E-state index < -0.39 is 10.0 Å². The van der Waals surface area contributed by atoms with Crippen LogP contribution < -0.4 is 9.62 Å². The van der Waals surface area contributed by atoms with E-state index in [0.717, 1.165) is 26.9 Å². The van der Waals surface area contributed by atoms with Crippen LogP contribution >= 0.6 is 23.2 Å². The van der Waals surface area contributed by atoms with Crippen LogP contribution in [0.5, 0.6) is 0 Å². The maximum Gasteiger partial charge on any atom is 0.232 e. The Labute approximate surface area is 195 Å². The number of anilines is 2. The van der Waals surface area contributed by atoms with Gasteiger partial charge in [0.25, 0.3) is 0 Å². The molecule has 0 aliphatic rings. The second kappa shape index (κ2) is 9.02. The minimum Gasteiger partial charge on any atom is -0.456 e. The van der Waals surface area contributed by atoms with Gasteiger partial charge < -0.3 is 9.73 Å². The van der Waals surface area contributed by atoms with Crippen molar-refractivity contribution in [1.82, 2.24) is 0 Å². The third kappa shape index (κ3) is 4.70. The van der Waals surface area contributed by atoms with Gasteiger partial charge in [0.1, 0.15) is 11.2 Å². The molecule has 4 aromatic rings. The smallest absolute Gasteiger partial charge is 0.232 e. The lowest BCUT2D eigenvalue weighted by Gasteiger charge is -2.23. The average molecular weight is 491 g/mol. The Balaban J connectivity index is 1.42. The quantitative estimate of drug-likeness (QED) is 0.340. The van der Waals surface area contributed by atoms with Gasteiger partial charge >= 0.3 is 0 Å². The van der Waals surface area contributed by atoms with Crippen LogP contribution in [0, 0.1) is 0 Å². The van der Waals surface area contributed by atoms with Gasteiger partial charge in [0.2, 0.25) is 15.9 Å². The number of furan rings is 1. The molecule has 1 aromatic heterocycles. The van der Waals surface area contributed by atoms with Crippen molar-refractivity contribution < 1.29 is 17.6 Å². The first-order chi connectivity index (χ1) is 15.2. The largest absolute Gasteiger partial charge is 0.456 e. The van der Waals surface area contributed by atoms with E-state index in [1.54, 1.807) is 24.3 Å². The van der Waals surface area contributed by atoms with Crippen molar-refractivity contribution in [2.75, 3.05) is 22.4 Å². The Hall–Kier alpha value is -2.74. The summed E-state index contributed by atoms with van der Waals surface area (Å²) in [6.45, 7) is 0.0922. The zero-order valence-electron chi connectivity index (χ0n) is 17.1. The van der Waals surface area contributed by atoms with E-state index in [0.29, 0.717) is 17.7 Å². The Kier molecular flexibility index (Phi) is 6.33. The molecule has 0 fully saturated rings. The number of hydrogen-bond donors (Lipinski definition) is 1. The molecule has 9 heteroatoms. The predicted octanol–water partition coefficient (Wildman–Crippen LogP) is 6.08. The Morgan fingerprint density at radius 2 is 1.75 bits per heavy atom. The van der Waals surface area contributed by atoms with Gasteiger partial charge in [-0.2, -0.15) is 0 Å². The van der Waals surface area contributed by atoms with Crippen molar-refractivity contribution in [3.8, 4) is 0 Å². The molecule has 4 rings (SSSR count). The fourth-order valence-corrected chi connectivity index (χ4v) is 4.98. The molecule has 1 amide bonds. The third-order valence-electron chi connectivity index (χ3n) is 5.03. The molecule has 32 heavy (non-hydrogen) atoms. The highest BCUT2D eigenvalue weighted by atomic mass is 35.5. The SMILES string of the molecule is CS(=O)(=O)N(CCCC(=O)Nc1ccc2c(c1)oc1ccccc12)c1cccc(Cl)c1Cl. The molecule has 0 unspecified atom stereocenters. The number of hydrogen-bond acceptors (Lipinski definition) is 4. The molecule has 0 spiro atoms. The minimum atomic E-state index is -3.61. The van der Waals surface area contributed by atoms with Gasteiger partial charge in [0.05, 0.1) is 22.0 Å². The first kappa shape index (κ1) is 22.5. The van der Waals surface area contributed by atoms with Crippen molar-refractivity contribution in [2.24, 2.45) is 0 Å². The summed E-state index contributed by atoms with van der Waals surface area (Å²) in [5.41, 5.74) is 2.37. The van der Waals surface area contributed by atoms with Gasteiger partial charge in [-0.1, -0.05) is 47.5 Å². The summed E-state index contributed by atoms with van der Waals surface area (Å²) < 4.78 is 31.6. The van der Waals surface area contributed by atoms with Crippen LogP contribution in [0.25, 0.3) is 21.9 Å². The van der Waals surface area contributed by atoms with E-state index in [9.17, 15) is 13.2 Å². The number of amides is 1. The highest BCUT2D eigenvalue weighted by Gasteiger charge is 2.21. The maximum absolute atomic E-state index is 12.5. The van der Waals surface area contributed by atoms with Gasteiger partial charge in [-0.25, -0.2) is 8.42 Å². The van der Waals surface area contributed by atoms with Crippen molar-refractivity contribution in [3.05, 3.63) is 70.7 Å². The number of nitrogens with zero attached hydrogens (tertiary/aromatic N) is 1. The molecule has 3 aromatic carbocycles. The second-order valence-electron chi connectivity index (χ2n) is 7.37. The molecule has 166 valence electrons. The molecule has 0 saturated heterocycles. The monoisotopic (exact) mass is 490 g/mol. The van der Waals surface area contributed by atoms with Crippen LogP contribution in [0.1, 0.15) is 12.8 Å². The first-order valence-corrected chi connectivity index (χ1v) is 12.5. The predicted molar refractivity (Wildman–Crippen MR) is 130 cm³/mol. The van der Waals surface area contributed by atoms with Crippen molar-refractivity contribution in [2.45, 2.75) is 12.8 Å². The molecule has 0 aliphatic heterocycles. The highest BCUT2D eigenvalue weighted by molar-refractivity contribution is 7.92. The van der Waals surface area contributed by atoms with E-state index in [2.05, 4.69) is 5.32 Å². The van der Waals surface area contributed by atoms with E-state index in [1.165, 1.54) is 0 Å². The Morgan fingerprint density at radius 3 is 2.53 bits per heavy atom. The number of fused-ring (bicyclic) bond motifs is 3. The standard InChI is InChI=1S/C23H20Cl2N2O4S/c1-32(29,30)27(19-8-4-7-18(24)23(19)25)13-5-10-22(28)26-15-11-12-17-16-6-2-3-9-20(16)31-21(17)14-15/h2-4,6-9,11-12,14H,5,10,13H2,1H3,(H,26,28). The van der Waals surface area contributed by atoms with E-state index in [1.807, 2.05) is 36.4 Å². The lowest BCUT2D eigenvalue weighted by Crippen LogP contribution is -2.31. The molecule has 0 bridgehead atoms. The Bertz CT molecular complexity index is 1420. The number of rotatable bonds is 7. The van der Waals surface area contributed by atoms with Crippen LogP contribution in [-0.4, -0.2) is 27.1 Å². The van der Waals surface area contributed by atoms with Crippen LogP contribution in [0.3, 0.4) is 0 Å². The van der Waals surface area contributed by atoms with Crippen LogP contribution in [-0.2, 0) is 14.8 Å². The number of benzene rings is 3. The highest BCUT2D eigenvalue weighted by Crippen LogP contribution is 2.34. The van der Waals surface area contributed by atoms with Crippen LogP contribution in [0.4, 0.5) is 11.4 Å². The van der Waals surface area contributed by atoms with Crippen LogP contribution in [0.15, 0.2) is 65.1 Å². The summed E-state index contributed by atoms with van der Waals surface area (Å²) in [4.78, 5) is 12.5. The number of halogens is 2. The topological polar surface area (TPSA) is 79.6 Å². The number of nitrogens with one attached hydrogen (secondary N) is 1. The average Bonchev–Trinajstić information content (AvgIpc) is 3.10. The van der Waals surface area contributed by atoms with Gasteiger partial charge in [-0.05, 0) is 36.8 Å². The van der Waals surface area contributed by atoms with E-state index in [4.69, 9.17) is 27.6 Å². The normalized spacial score (nSPS) is 11.7. The fourth-order valence-electron chi connectivity index (χ4n) is 3.56. The molecule has 0 atom stereocenters. The Morgan fingerprint density at radius 1 is 1.00 bits per heavy atom. The molecular formula is C23H20Cl2N2O4S. The lowest BCUT2D eigenvalue weighted by molar-refractivity contribution is -0.116. The molecule has 1 heterocycles. The third-order valence-corrected chi connectivity index (χ3v) is 7.02. The molecular weight excluding hydrogens is 471 g/mol. The molecule has 6 nitrogen and oxygen atoms in total. The maximum atomic E-state index is 12.5. The summed E-state index contributed by atoms with van der Waals surface area (Å²) in [5.74, 6) is -0.230. The van der Waals surface area contributed by atoms with Crippen molar-refractivity contribution in [1.29, 1.82) is 0 Å². The number of para-hydroxylation sites is 1. The van der Waals surface area contributed by atoms with E-state index in [-0.39, 0.29) is 34.6 Å². The van der Waals surface area contributed by atoms with Gasteiger partial charge in [-0.3, -0.25) is 9.10 Å². The molecule has 1 N–H and O–H groups in total. The summed E-state index contributed by atoms with van der Waals surface area (Å²) in [7, 11) is -3.61. The van der Waals surface area contributed by atoms with Crippen molar-refractivity contribution >= 4 is 72.4 Å². The molecule has 0 radical (unpaired) electrons. The summed E-state index contributed by atoms with van der Waals surface area (Å²) >= 11 is 12.2. The fraction of sp³-hybridized carbons (Fsp3) is 0.174. The van der Waals surface area contributed by atoms with Gasteiger partial charge in [0.15, 0.2) is 0 Å². The second-order valence-corrected chi connectivity index (χ2v) is 10.1. The van der Waals surface area contributed by atoms with Gasteiger partial charge in [-0.15, -0.1) is 0 Å². The number of sulfonamides is 1. The summed E-state index contributed by atoms with van der Waals surface area (Å²) in [6, 6.07) is 18.0. The number of carbonyl (C=O) groups excluding carboxylic acids is 1. The lowest BCUT2D eigenvalue weighted by atomic mass is 10.1. The summed E-state index contributed by atoms with van der Waals surface area (Å²) in [5, 5.41) is 5.24. The zero-order valence-corrected chi connectivity index (χ0v) is 19.5. The molecule has 0 aliphatic carbocycles. The minimum absolute atomic E-state index is 0.0922. The van der Waals surface area contributed by atoms with Gasteiger partial charge in [0, 0.05) is 35.5 Å². The summed E-state index contributed by atoms with van der Waals surface area (Å²) in [6.07, 6.45) is 1.52. The zero-order chi connectivity index (χ0) is 22.9. The van der Waals surface area contributed by atoms with Crippen LogP contribution in [0.2, 0.25) is 10.0 Å². The first-order valence-electron chi connectivity index (χ1n) is 9.87.